The van der Waals surface area contributed by atoms with Crippen LogP contribution in [0.5, 0.6) is 0 Å². The number of carbonyl (C=O) groups is 1. The quantitative estimate of drug-likeness (QED) is 0.360. The van der Waals surface area contributed by atoms with Crippen molar-refractivity contribution in [3.63, 3.8) is 0 Å². The number of rotatable bonds is 8. The van der Waals surface area contributed by atoms with Crippen LogP contribution >= 0.6 is 11.3 Å². The number of hydrogen-bond acceptors (Lipinski definition) is 6. The van der Waals surface area contributed by atoms with Gasteiger partial charge < -0.3 is 9.67 Å². The number of ketones is 1. The molecule has 0 aliphatic heterocycles. The van der Waals surface area contributed by atoms with Gasteiger partial charge in [-0.25, -0.2) is 13.8 Å². The van der Waals surface area contributed by atoms with Gasteiger partial charge in [-0.15, -0.1) is 11.3 Å². The van der Waals surface area contributed by atoms with E-state index in [4.69, 9.17) is 0 Å². The first-order valence-electron chi connectivity index (χ1n) is 11.3. The SMILES string of the molecule is O=C(C[C@H](CO)c1nc(C2=CCc3ncccc32)cs1)c1cccn(Cc2ccc(F)c(F)c2)c1=O. The molecule has 36 heavy (non-hydrogen) atoms. The summed E-state index contributed by atoms with van der Waals surface area (Å²) in [6, 6.07) is 10.3. The van der Waals surface area contributed by atoms with Crippen LogP contribution in [0, 0.1) is 11.6 Å². The van der Waals surface area contributed by atoms with Gasteiger partial charge in [0.15, 0.2) is 17.4 Å². The molecule has 6 nitrogen and oxygen atoms in total. The fourth-order valence-electron chi connectivity index (χ4n) is 4.27. The summed E-state index contributed by atoms with van der Waals surface area (Å²) in [6.07, 6.45) is 5.94. The predicted octanol–water partition coefficient (Wildman–Crippen LogP) is 4.36. The van der Waals surface area contributed by atoms with Crippen molar-refractivity contribution in [2.75, 3.05) is 6.61 Å². The van der Waals surface area contributed by atoms with Crippen LogP contribution in [0.1, 0.15) is 50.2 Å². The maximum absolute atomic E-state index is 13.6. The standard InChI is InChI=1S/C27H21F2N3O3S/c28-21-7-5-16(11-22(21)29)13-32-10-2-4-20(27(32)35)25(34)12-17(14-33)26-31-24(15-36-26)19-6-8-23-18(19)3-1-9-30-23/h1-7,9-11,15,17,33H,8,12-14H2/t17-/m1/s1. The van der Waals surface area contributed by atoms with Crippen LogP contribution in [0.4, 0.5) is 8.78 Å². The highest BCUT2D eigenvalue weighted by Gasteiger charge is 2.24. The molecular formula is C27H21F2N3O3S. The molecule has 1 N–H and O–H groups in total. The Balaban J connectivity index is 1.34. The zero-order chi connectivity index (χ0) is 25.2. The Labute approximate surface area is 209 Å². The van der Waals surface area contributed by atoms with E-state index < -0.39 is 28.9 Å². The molecule has 4 aromatic rings. The summed E-state index contributed by atoms with van der Waals surface area (Å²) < 4.78 is 28.0. The van der Waals surface area contributed by atoms with Gasteiger partial charge in [-0.05, 0) is 35.9 Å². The number of aliphatic hydroxyl groups is 1. The lowest BCUT2D eigenvalue weighted by Crippen LogP contribution is -2.27. The molecule has 5 rings (SSSR count). The molecule has 1 aliphatic carbocycles. The van der Waals surface area contributed by atoms with Gasteiger partial charge in [0.1, 0.15) is 0 Å². The average molecular weight is 506 g/mol. The summed E-state index contributed by atoms with van der Waals surface area (Å²) in [4.78, 5) is 35.1. The van der Waals surface area contributed by atoms with Crippen LogP contribution in [0.25, 0.3) is 5.57 Å². The van der Waals surface area contributed by atoms with Crippen molar-refractivity contribution in [1.82, 2.24) is 14.5 Å². The molecule has 0 fully saturated rings. The predicted molar refractivity (Wildman–Crippen MR) is 132 cm³/mol. The highest BCUT2D eigenvalue weighted by molar-refractivity contribution is 7.09. The zero-order valence-electron chi connectivity index (χ0n) is 19.0. The van der Waals surface area contributed by atoms with Crippen molar-refractivity contribution < 1.29 is 18.7 Å². The lowest BCUT2D eigenvalue weighted by Gasteiger charge is -2.12. The van der Waals surface area contributed by atoms with E-state index >= 15 is 0 Å². The first-order chi connectivity index (χ1) is 17.4. The minimum Gasteiger partial charge on any atom is -0.396 e. The Morgan fingerprint density at radius 3 is 2.83 bits per heavy atom. The number of carbonyl (C=O) groups excluding carboxylic acids is 1. The summed E-state index contributed by atoms with van der Waals surface area (Å²) in [7, 11) is 0. The Kier molecular flexibility index (Phi) is 6.67. The second-order valence-electron chi connectivity index (χ2n) is 8.50. The Hall–Kier alpha value is -3.82. The van der Waals surface area contributed by atoms with E-state index in [-0.39, 0.29) is 25.1 Å². The maximum atomic E-state index is 13.6. The fraction of sp³-hybridized carbons (Fsp3) is 0.185. The minimum atomic E-state index is -1.01. The van der Waals surface area contributed by atoms with Crippen LogP contribution in [0.15, 0.2) is 71.1 Å². The smallest absolute Gasteiger partial charge is 0.261 e. The number of thiazole rings is 1. The molecule has 182 valence electrons. The summed E-state index contributed by atoms with van der Waals surface area (Å²) in [5.41, 5.74) is 3.57. The van der Waals surface area contributed by atoms with Crippen molar-refractivity contribution in [1.29, 1.82) is 0 Å². The number of hydrogen-bond donors (Lipinski definition) is 1. The van der Waals surface area contributed by atoms with E-state index in [0.717, 1.165) is 41.1 Å². The largest absolute Gasteiger partial charge is 0.396 e. The van der Waals surface area contributed by atoms with Gasteiger partial charge in [-0.3, -0.25) is 14.6 Å². The zero-order valence-corrected chi connectivity index (χ0v) is 19.8. The summed E-state index contributed by atoms with van der Waals surface area (Å²) in [6.45, 7) is -0.312. The molecule has 9 heteroatoms. The second kappa shape index (κ2) is 10.0. The molecule has 0 saturated carbocycles. The molecule has 0 unspecified atom stereocenters. The molecular weight excluding hydrogens is 484 g/mol. The molecule has 1 aliphatic rings. The monoisotopic (exact) mass is 505 g/mol. The van der Waals surface area contributed by atoms with Crippen molar-refractivity contribution in [2.45, 2.75) is 25.3 Å². The first-order valence-corrected chi connectivity index (χ1v) is 12.2. The molecule has 0 amide bonds. The molecule has 0 spiro atoms. The van der Waals surface area contributed by atoms with E-state index in [1.165, 1.54) is 34.2 Å². The van der Waals surface area contributed by atoms with Gasteiger partial charge >= 0.3 is 0 Å². The number of aromatic nitrogens is 3. The maximum Gasteiger partial charge on any atom is 0.261 e. The Bertz CT molecular complexity index is 1540. The first kappa shape index (κ1) is 23.9. The number of fused-ring (bicyclic) bond motifs is 1. The summed E-state index contributed by atoms with van der Waals surface area (Å²) in [5, 5.41) is 12.5. The molecule has 1 atom stereocenters. The fourth-order valence-corrected chi connectivity index (χ4v) is 5.18. The molecule has 3 aromatic heterocycles. The van der Waals surface area contributed by atoms with Crippen molar-refractivity contribution >= 4 is 22.7 Å². The Morgan fingerprint density at radius 2 is 2.03 bits per heavy atom. The van der Waals surface area contributed by atoms with Gasteiger partial charge in [0.25, 0.3) is 5.56 Å². The van der Waals surface area contributed by atoms with Crippen molar-refractivity contribution in [3.8, 4) is 0 Å². The third kappa shape index (κ3) is 4.67. The van der Waals surface area contributed by atoms with Crippen LogP contribution in [-0.4, -0.2) is 32.0 Å². The van der Waals surface area contributed by atoms with Crippen LogP contribution in [-0.2, 0) is 13.0 Å². The van der Waals surface area contributed by atoms with Gasteiger partial charge in [0.05, 0.1) is 35.1 Å². The summed E-state index contributed by atoms with van der Waals surface area (Å²) in [5.74, 6) is -2.97. The number of halogens is 2. The number of Topliss-reactive ketones (excluding diaryl/α,β-unsaturated/α-hetero) is 1. The molecule has 1 aromatic carbocycles. The number of pyridine rings is 2. The lowest BCUT2D eigenvalue weighted by molar-refractivity contribution is 0.0958. The van der Waals surface area contributed by atoms with Crippen molar-refractivity contribution in [2.24, 2.45) is 0 Å². The molecule has 3 heterocycles. The van der Waals surface area contributed by atoms with Gasteiger partial charge in [0.2, 0.25) is 0 Å². The minimum absolute atomic E-state index is 0.0120. The van der Waals surface area contributed by atoms with E-state index in [1.807, 2.05) is 17.5 Å². The summed E-state index contributed by atoms with van der Waals surface area (Å²) >= 11 is 1.36. The van der Waals surface area contributed by atoms with E-state index in [2.05, 4.69) is 16.0 Å². The van der Waals surface area contributed by atoms with Crippen LogP contribution in [0.2, 0.25) is 0 Å². The average Bonchev–Trinajstić information content (AvgIpc) is 3.53. The third-order valence-corrected chi connectivity index (χ3v) is 7.14. The van der Waals surface area contributed by atoms with Crippen molar-refractivity contribution in [3.05, 3.63) is 121 Å². The molecule has 0 saturated heterocycles. The highest BCUT2D eigenvalue weighted by atomic mass is 32.1. The van der Waals surface area contributed by atoms with Crippen LogP contribution < -0.4 is 5.56 Å². The van der Waals surface area contributed by atoms with Crippen LogP contribution in [0.3, 0.4) is 0 Å². The lowest BCUT2D eigenvalue weighted by atomic mass is 10.00. The number of aliphatic hydroxyl groups excluding tert-OH is 1. The highest BCUT2D eigenvalue weighted by Crippen LogP contribution is 2.34. The molecule has 0 radical (unpaired) electrons. The topological polar surface area (TPSA) is 85.1 Å². The number of benzene rings is 1. The molecule has 0 bridgehead atoms. The van der Waals surface area contributed by atoms with Gasteiger partial charge in [-0.1, -0.05) is 18.2 Å². The van der Waals surface area contributed by atoms with E-state index in [0.29, 0.717) is 10.6 Å². The second-order valence-corrected chi connectivity index (χ2v) is 9.39. The normalized spacial score (nSPS) is 13.4. The third-order valence-electron chi connectivity index (χ3n) is 6.14. The van der Waals surface area contributed by atoms with Gasteiger partial charge in [-0.2, -0.15) is 0 Å². The number of allylic oxidation sites excluding steroid dienone is 1. The van der Waals surface area contributed by atoms with E-state index in [9.17, 15) is 23.5 Å². The van der Waals surface area contributed by atoms with Gasteiger partial charge in [0, 0.05) is 47.7 Å². The van der Waals surface area contributed by atoms with E-state index in [1.54, 1.807) is 12.3 Å². The number of nitrogens with zero attached hydrogens (tertiary/aromatic N) is 3. The Morgan fingerprint density at radius 1 is 1.17 bits per heavy atom.